The van der Waals surface area contributed by atoms with Crippen molar-refractivity contribution in [1.29, 1.82) is 0 Å². The highest BCUT2D eigenvalue weighted by atomic mass is 35.5. The van der Waals surface area contributed by atoms with Gasteiger partial charge >= 0.3 is 0 Å². The van der Waals surface area contributed by atoms with Crippen molar-refractivity contribution < 1.29 is 14.0 Å². The molecule has 0 aliphatic carbocycles. The van der Waals surface area contributed by atoms with Gasteiger partial charge < -0.3 is 0 Å². The predicted molar refractivity (Wildman–Crippen MR) is 80.2 cm³/mol. The number of ketones is 2. The van der Waals surface area contributed by atoms with Crippen LogP contribution < -0.4 is 0 Å². The van der Waals surface area contributed by atoms with Crippen molar-refractivity contribution in [3.63, 3.8) is 0 Å². The molecule has 1 rings (SSSR count). The topological polar surface area (TPSA) is 34.1 Å². The SMILES string of the molecule is CCC(C)C(=O)C(F)C(=O)c1cc(Cl)c(Cl)c(Cl)c1Cl. The maximum atomic E-state index is 14.0. The Labute approximate surface area is 136 Å². The molecular formula is C13H11Cl4FO2. The van der Waals surface area contributed by atoms with Crippen LogP contribution in [0.3, 0.4) is 0 Å². The van der Waals surface area contributed by atoms with Crippen LogP contribution in [-0.2, 0) is 4.79 Å². The molecular weight excluding hydrogens is 349 g/mol. The fourth-order valence-electron chi connectivity index (χ4n) is 1.47. The first-order valence-electron chi connectivity index (χ1n) is 5.77. The van der Waals surface area contributed by atoms with E-state index in [2.05, 4.69) is 0 Å². The number of hydrogen-bond donors (Lipinski definition) is 0. The third-order valence-corrected chi connectivity index (χ3v) is 4.70. The number of Topliss-reactive ketones (excluding diaryl/α,β-unsaturated/α-hetero) is 2. The van der Waals surface area contributed by atoms with E-state index in [-0.39, 0.29) is 25.7 Å². The Morgan fingerprint density at radius 2 is 1.70 bits per heavy atom. The van der Waals surface area contributed by atoms with Crippen LogP contribution in [0.1, 0.15) is 30.6 Å². The van der Waals surface area contributed by atoms with Gasteiger partial charge in [-0.15, -0.1) is 0 Å². The Morgan fingerprint density at radius 1 is 1.15 bits per heavy atom. The lowest BCUT2D eigenvalue weighted by molar-refractivity contribution is -0.125. The average Bonchev–Trinajstić information content (AvgIpc) is 2.45. The Hall–Kier alpha value is -0.350. The highest BCUT2D eigenvalue weighted by Crippen LogP contribution is 2.38. The minimum Gasteiger partial charge on any atom is -0.296 e. The summed E-state index contributed by atoms with van der Waals surface area (Å²) in [5, 5.41) is -0.427. The number of alkyl halides is 1. The standard InChI is InChI=1S/C13H11Cl4FO2/c1-3-5(2)12(19)11(18)13(20)6-4-7(14)9(16)10(17)8(6)15/h4-5,11H,3H2,1-2H3. The van der Waals surface area contributed by atoms with Gasteiger partial charge in [-0.05, 0) is 12.5 Å². The summed E-state index contributed by atoms with van der Waals surface area (Å²) in [7, 11) is 0. The summed E-state index contributed by atoms with van der Waals surface area (Å²) < 4.78 is 14.0. The fraction of sp³-hybridized carbons (Fsp3) is 0.385. The van der Waals surface area contributed by atoms with Gasteiger partial charge in [-0.2, -0.15) is 0 Å². The molecule has 0 aliphatic heterocycles. The maximum Gasteiger partial charge on any atom is 0.221 e. The van der Waals surface area contributed by atoms with Gasteiger partial charge in [0, 0.05) is 11.5 Å². The maximum absolute atomic E-state index is 14.0. The fourth-order valence-corrected chi connectivity index (χ4v) is 2.36. The molecule has 7 heteroatoms. The van der Waals surface area contributed by atoms with Gasteiger partial charge in [-0.1, -0.05) is 60.3 Å². The number of halogens is 5. The van der Waals surface area contributed by atoms with Gasteiger partial charge in [0.05, 0.1) is 20.1 Å². The normalized spacial score (nSPS) is 13.9. The molecule has 0 heterocycles. The number of rotatable bonds is 5. The van der Waals surface area contributed by atoms with Crippen LogP contribution in [0, 0.1) is 5.92 Å². The lowest BCUT2D eigenvalue weighted by Gasteiger charge is -2.13. The van der Waals surface area contributed by atoms with Gasteiger partial charge in [0.1, 0.15) is 0 Å². The van der Waals surface area contributed by atoms with E-state index < -0.39 is 23.7 Å². The number of benzene rings is 1. The third-order valence-electron chi connectivity index (χ3n) is 2.95. The third kappa shape index (κ3) is 3.45. The van der Waals surface area contributed by atoms with Gasteiger partial charge in [0.15, 0.2) is 5.78 Å². The zero-order chi connectivity index (χ0) is 15.6. The van der Waals surface area contributed by atoms with Crippen molar-refractivity contribution >= 4 is 58.0 Å². The summed E-state index contributed by atoms with van der Waals surface area (Å²) in [5.74, 6) is -2.43. The van der Waals surface area contributed by atoms with Crippen LogP contribution in [0.25, 0.3) is 0 Å². The highest BCUT2D eigenvalue weighted by molar-refractivity contribution is 6.52. The lowest BCUT2D eigenvalue weighted by Crippen LogP contribution is -2.30. The quantitative estimate of drug-likeness (QED) is 0.303. The van der Waals surface area contributed by atoms with Crippen LogP contribution in [0.15, 0.2) is 6.07 Å². The van der Waals surface area contributed by atoms with Crippen molar-refractivity contribution in [3.05, 3.63) is 31.7 Å². The average molecular weight is 360 g/mol. The second-order valence-corrected chi connectivity index (χ2v) is 5.83. The molecule has 0 saturated carbocycles. The van der Waals surface area contributed by atoms with Gasteiger partial charge in [0.2, 0.25) is 12.0 Å². The summed E-state index contributed by atoms with van der Waals surface area (Å²) >= 11 is 23.2. The van der Waals surface area contributed by atoms with Gasteiger partial charge in [0.25, 0.3) is 0 Å². The van der Waals surface area contributed by atoms with E-state index in [9.17, 15) is 14.0 Å². The smallest absolute Gasteiger partial charge is 0.221 e. The largest absolute Gasteiger partial charge is 0.296 e. The van der Waals surface area contributed by atoms with Gasteiger partial charge in [-0.3, -0.25) is 9.59 Å². The molecule has 0 bridgehead atoms. The number of carbonyl (C=O) groups excluding carboxylic acids is 2. The van der Waals surface area contributed by atoms with Crippen LogP contribution in [0.4, 0.5) is 4.39 Å². The monoisotopic (exact) mass is 358 g/mol. The molecule has 2 nitrogen and oxygen atoms in total. The van der Waals surface area contributed by atoms with E-state index in [1.807, 2.05) is 0 Å². The molecule has 0 saturated heterocycles. The van der Waals surface area contributed by atoms with E-state index in [0.717, 1.165) is 6.07 Å². The highest BCUT2D eigenvalue weighted by Gasteiger charge is 2.32. The first kappa shape index (κ1) is 17.7. The molecule has 1 aromatic carbocycles. The van der Waals surface area contributed by atoms with Crippen LogP contribution in [-0.4, -0.2) is 17.7 Å². The van der Waals surface area contributed by atoms with E-state index in [1.165, 1.54) is 0 Å². The zero-order valence-corrected chi connectivity index (χ0v) is 13.7. The molecule has 0 aromatic heterocycles. The van der Waals surface area contributed by atoms with Crippen molar-refractivity contribution in [2.75, 3.05) is 0 Å². The number of carbonyl (C=O) groups is 2. The molecule has 20 heavy (non-hydrogen) atoms. The molecule has 1 aromatic rings. The van der Waals surface area contributed by atoms with Gasteiger partial charge in [-0.25, -0.2) is 4.39 Å². The lowest BCUT2D eigenvalue weighted by atomic mass is 9.95. The van der Waals surface area contributed by atoms with Crippen molar-refractivity contribution in [1.82, 2.24) is 0 Å². The van der Waals surface area contributed by atoms with E-state index in [4.69, 9.17) is 46.4 Å². The Kier molecular flexibility index (Phi) is 6.26. The molecule has 0 fully saturated rings. The minimum absolute atomic E-state index is 0.0291. The minimum atomic E-state index is -2.30. The summed E-state index contributed by atoms with van der Waals surface area (Å²) in [6.45, 7) is 3.27. The molecule has 2 unspecified atom stereocenters. The predicted octanol–water partition coefficient (Wildman–Crippen LogP) is 5.44. The zero-order valence-electron chi connectivity index (χ0n) is 10.6. The van der Waals surface area contributed by atoms with Crippen LogP contribution in [0.5, 0.6) is 0 Å². The van der Waals surface area contributed by atoms with Crippen LogP contribution >= 0.6 is 46.4 Å². The molecule has 0 radical (unpaired) electrons. The number of hydrogen-bond acceptors (Lipinski definition) is 2. The molecule has 0 amide bonds. The van der Waals surface area contributed by atoms with Crippen molar-refractivity contribution in [3.8, 4) is 0 Å². The second kappa shape index (κ2) is 7.08. The summed E-state index contributed by atoms with van der Waals surface area (Å²) in [6.07, 6.45) is -1.86. The second-order valence-electron chi connectivity index (χ2n) is 4.29. The first-order chi connectivity index (χ1) is 9.22. The summed E-state index contributed by atoms with van der Waals surface area (Å²) in [4.78, 5) is 23.7. The molecule has 0 N–H and O–H groups in total. The Balaban J connectivity index is 3.19. The van der Waals surface area contributed by atoms with Crippen molar-refractivity contribution in [2.45, 2.75) is 26.4 Å². The molecule has 110 valence electrons. The van der Waals surface area contributed by atoms with E-state index in [0.29, 0.717) is 6.42 Å². The summed E-state index contributed by atoms with van der Waals surface area (Å²) in [6, 6.07) is 1.11. The summed E-state index contributed by atoms with van der Waals surface area (Å²) in [5.41, 5.74) is -0.254. The Bertz CT molecular complexity index is 560. The molecule has 0 aliphatic rings. The van der Waals surface area contributed by atoms with Crippen molar-refractivity contribution in [2.24, 2.45) is 5.92 Å². The molecule has 0 spiro atoms. The van der Waals surface area contributed by atoms with E-state index in [1.54, 1.807) is 13.8 Å². The molecule has 2 atom stereocenters. The first-order valence-corrected chi connectivity index (χ1v) is 7.28. The van der Waals surface area contributed by atoms with Crippen LogP contribution in [0.2, 0.25) is 20.1 Å². The van der Waals surface area contributed by atoms with E-state index >= 15 is 0 Å². The Morgan fingerprint density at radius 3 is 2.20 bits per heavy atom.